The SMILES string of the molecule is CC(=O)NOCCCCOc1cccc(CN2CCCCC2O)c1. The fourth-order valence-corrected chi connectivity index (χ4v) is 2.74. The second-order valence-electron chi connectivity index (χ2n) is 6.16. The maximum Gasteiger partial charge on any atom is 0.240 e. The number of carbonyl (C=O) groups is 1. The number of amides is 1. The third-order valence-electron chi connectivity index (χ3n) is 3.99. The minimum atomic E-state index is -0.327. The predicted octanol–water partition coefficient (Wildman–Crippen LogP) is 2.22. The van der Waals surface area contributed by atoms with Crippen LogP contribution in [0.1, 0.15) is 44.6 Å². The Morgan fingerprint density at radius 3 is 2.96 bits per heavy atom. The Morgan fingerprint density at radius 1 is 1.33 bits per heavy atom. The summed E-state index contributed by atoms with van der Waals surface area (Å²) in [4.78, 5) is 17.7. The molecule has 2 rings (SSSR count). The van der Waals surface area contributed by atoms with Gasteiger partial charge in [-0.2, -0.15) is 0 Å². The summed E-state index contributed by atoms with van der Waals surface area (Å²) in [7, 11) is 0. The van der Waals surface area contributed by atoms with Crippen molar-refractivity contribution in [3.63, 3.8) is 0 Å². The normalized spacial score (nSPS) is 18.3. The largest absolute Gasteiger partial charge is 0.494 e. The quantitative estimate of drug-likeness (QED) is 0.534. The molecule has 134 valence electrons. The average Bonchev–Trinajstić information content (AvgIpc) is 2.56. The Hall–Kier alpha value is -1.63. The van der Waals surface area contributed by atoms with E-state index in [9.17, 15) is 9.90 Å². The number of piperidine rings is 1. The number of nitrogens with one attached hydrogen (secondary N) is 1. The first-order valence-corrected chi connectivity index (χ1v) is 8.67. The molecule has 0 spiro atoms. The molecular formula is C18H28N2O4. The highest BCUT2D eigenvalue weighted by Crippen LogP contribution is 2.20. The van der Waals surface area contributed by atoms with E-state index in [2.05, 4.69) is 16.4 Å². The number of hydrogen-bond donors (Lipinski definition) is 2. The third-order valence-corrected chi connectivity index (χ3v) is 3.99. The Balaban J connectivity index is 1.67. The maximum absolute atomic E-state index is 10.6. The van der Waals surface area contributed by atoms with Crippen molar-refractivity contribution < 1.29 is 19.5 Å². The summed E-state index contributed by atoms with van der Waals surface area (Å²) in [6.07, 6.45) is 4.46. The lowest BCUT2D eigenvalue weighted by Gasteiger charge is -2.32. The van der Waals surface area contributed by atoms with Gasteiger partial charge in [-0.25, -0.2) is 5.48 Å². The summed E-state index contributed by atoms with van der Waals surface area (Å²) in [6.45, 7) is 4.21. The highest BCUT2D eigenvalue weighted by atomic mass is 16.6. The molecule has 24 heavy (non-hydrogen) atoms. The van der Waals surface area contributed by atoms with Gasteiger partial charge in [0.2, 0.25) is 5.91 Å². The minimum absolute atomic E-state index is 0.193. The van der Waals surface area contributed by atoms with Crippen molar-refractivity contribution in [1.29, 1.82) is 0 Å². The lowest BCUT2D eigenvalue weighted by Crippen LogP contribution is -2.38. The molecule has 1 aliphatic rings. The van der Waals surface area contributed by atoms with Crippen LogP contribution in [0.15, 0.2) is 24.3 Å². The second kappa shape index (κ2) is 10.3. The lowest BCUT2D eigenvalue weighted by atomic mass is 10.1. The first kappa shape index (κ1) is 18.7. The molecule has 0 bridgehead atoms. The summed E-state index contributed by atoms with van der Waals surface area (Å²) < 4.78 is 5.77. The van der Waals surface area contributed by atoms with Crippen LogP contribution in [-0.4, -0.2) is 41.9 Å². The fraction of sp³-hybridized carbons (Fsp3) is 0.611. The van der Waals surface area contributed by atoms with Crippen molar-refractivity contribution in [2.24, 2.45) is 0 Å². The van der Waals surface area contributed by atoms with E-state index in [4.69, 9.17) is 9.57 Å². The van der Waals surface area contributed by atoms with E-state index in [0.29, 0.717) is 13.2 Å². The van der Waals surface area contributed by atoms with Crippen molar-refractivity contribution in [2.75, 3.05) is 19.8 Å². The average molecular weight is 336 g/mol. The van der Waals surface area contributed by atoms with Crippen LogP contribution in [-0.2, 0) is 16.2 Å². The Morgan fingerprint density at radius 2 is 2.17 bits per heavy atom. The molecule has 1 fully saturated rings. The van der Waals surface area contributed by atoms with Crippen LogP contribution in [0.25, 0.3) is 0 Å². The molecule has 1 saturated heterocycles. The number of ether oxygens (including phenoxy) is 1. The standard InChI is InChI=1S/C18H28N2O4/c1-15(21)19-24-12-5-4-11-23-17-8-6-7-16(13-17)14-20-10-3-2-9-18(20)22/h6-8,13,18,22H,2-5,9-12,14H2,1H3,(H,19,21). The summed E-state index contributed by atoms with van der Waals surface area (Å²) >= 11 is 0. The molecular weight excluding hydrogens is 308 g/mol. The number of benzene rings is 1. The predicted molar refractivity (Wildman–Crippen MR) is 91.2 cm³/mol. The van der Waals surface area contributed by atoms with Gasteiger partial charge in [0.25, 0.3) is 0 Å². The molecule has 1 heterocycles. The molecule has 0 aromatic heterocycles. The van der Waals surface area contributed by atoms with Crippen molar-refractivity contribution in [2.45, 2.75) is 51.8 Å². The molecule has 1 unspecified atom stereocenters. The van der Waals surface area contributed by atoms with E-state index in [1.807, 2.05) is 18.2 Å². The second-order valence-corrected chi connectivity index (χ2v) is 6.16. The first-order valence-electron chi connectivity index (χ1n) is 8.67. The van der Waals surface area contributed by atoms with Gasteiger partial charge in [-0.1, -0.05) is 12.1 Å². The van der Waals surface area contributed by atoms with Gasteiger partial charge in [-0.15, -0.1) is 0 Å². The van der Waals surface area contributed by atoms with Crippen LogP contribution in [0.2, 0.25) is 0 Å². The van der Waals surface area contributed by atoms with Gasteiger partial charge in [-0.05, 0) is 49.8 Å². The number of carbonyl (C=O) groups excluding carboxylic acids is 1. The monoisotopic (exact) mass is 336 g/mol. The summed E-state index contributed by atoms with van der Waals surface area (Å²) in [5.74, 6) is 0.656. The van der Waals surface area contributed by atoms with Crippen LogP contribution < -0.4 is 10.2 Å². The summed E-state index contributed by atoms with van der Waals surface area (Å²) in [5.41, 5.74) is 3.45. The number of unbranched alkanes of at least 4 members (excludes halogenated alkanes) is 1. The summed E-state index contributed by atoms with van der Waals surface area (Å²) in [5, 5.41) is 10.0. The number of likely N-dealkylation sites (tertiary alicyclic amines) is 1. The number of hydrogen-bond acceptors (Lipinski definition) is 5. The number of hydroxylamine groups is 1. The highest BCUT2D eigenvalue weighted by molar-refractivity contribution is 5.71. The molecule has 0 saturated carbocycles. The van der Waals surface area contributed by atoms with Gasteiger partial charge >= 0.3 is 0 Å². The van der Waals surface area contributed by atoms with Gasteiger partial charge < -0.3 is 9.84 Å². The zero-order chi connectivity index (χ0) is 17.2. The van der Waals surface area contributed by atoms with Gasteiger partial charge in [0.05, 0.1) is 13.2 Å². The van der Waals surface area contributed by atoms with Crippen molar-refractivity contribution in [1.82, 2.24) is 10.4 Å². The number of nitrogens with zero attached hydrogens (tertiary/aromatic N) is 1. The zero-order valence-corrected chi connectivity index (χ0v) is 14.4. The lowest BCUT2D eigenvalue weighted by molar-refractivity contribution is -0.131. The number of rotatable bonds is 9. The molecule has 1 aliphatic heterocycles. The molecule has 1 aromatic rings. The van der Waals surface area contributed by atoms with E-state index in [1.165, 1.54) is 6.92 Å². The van der Waals surface area contributed by atoms with Crippen LogP contribution in [0.3, 0.4) is 0 Å². The Kier molecular flexibility index (Phi) is 8.01. The molecule has 2 N–H and O–H groups in total. The number of aliphatic hydroxyl groups is 1. The zero-order valence-electron chi connectivity index (χ0n) is 14.4. The smallest absolute Gasteiger partial charge is 0.240 e. The van der Waals surface area contributed by atoms with Gasteiger partial charge in [0, 0.05) is 20.0 Å². The van der Waals surface area contributed by atoms with E-state index in [0.717, 1.165) is 56.5 Å². The number of aliphatic hydroxyl groups excluding tert-OH is 1. The van der Waals surface area contributed by atoms with E-state index in [-0.39, 0.29) is 12.1 Å². The van der Waals surface area contributed by atoms with Gasteiger partial charge in [-0.3, -0.25) is 14.5 Å². The topological polar surface area (TPSA) is 71.0 Å². The van der Waals surface area contributed by atoms with Crippen molar-refractivity contribution >= 4 is 5.91 Å². The molecule has 6 heteroatoms. The molecule has 1 atom stereocenters. The van der Waals surface area contributed by atoms with Crippen molar-refractivity contribution in [3.05, 3.63) is 29.8 Å². The summed E-state index contributed by atoms with van der Waals surface area (Å²) in [6, 6.07) is 8.04. The van der Waals surface area contributed by atoms with E-state index < -0.39 is 0 Å². The Bertz CT molecular complexity index is 510. The van der Waals surface area contributed by atoms with Gasteiger partial charge in [0.1, 0.15) is 12.0 Å². The van der Waals surface area contributed by atoms with Gasteiger partial charge in [0.15, 0.2) is 0 Å². The van der Waals surface area contributed by atoms with Crippen LogP contribution in [0.4, 0.5) is 0 Å². The van der Waals surface area contributed by atoms with E-state index in [1.54, 1.807) is 0 Å². The molecule has 1 amide bonds. The minimum Gasteiger partial charge on any atom is -0.494 e. The van der Waals surface area contributed by atoms with Crippen LogP contribution in [0.5, 0.6) is 5.75 Å². The molecule has 6 nitrogen and oxygen atoms in total. The Labute approximate surface area is 143 Å². The maximum atomic E-state index is 10.6. The fourth-order valence-electron chi connectivity index (χ4n) is 2.74. The molecule has 1 aromatic carbocycles. The first-order chi connectivity index (χ1) is 11.6. The molecule has 0 radical (unpaired) electrons. The van der Waals surface area contributed by atoms with E-state index >= 15 is 0 Å². The van der Waals surface area contributed by atoms with Crippen molar-refractivity contribution in [3.8, 4) is 5.75 Å². The van der Waals surface area contributed by atoms with Crippen LogP contribution >= 0.6 is 0 Å². The molecule has 0 aliphatic carbocycles. The third kappa shape index (κ3) is 6.86. The van der Waals surface area contributed by atoms with Crippen LogP contribution in [0, 0.1) is 0 Å². The highest BCUT2D eigenvalue weighted by Gasteiger charge is 2.19.